The van der Waals surface area contributed by atoms with E-state index in [0.29, 0.717) is 24.1 Å². The number of furan rings is 1. The monoisotopic (exact) mass is 251 g/mol. The van der Waals surface area contributed by atoms with Crippen LogP contribution in [0.3, 0.4) is 0 Å². The first-order valence-electron chi connectivity index (χ1n) is 6.08. The van der Waals surface area contributed by atoms with Gasteiger partial charge in [0.2, 0.25) is 0 Å². The SMILES string of the molecule is CCNCc1oc2c(C)ccc(F)c2c1COC. The van der Waals surface area contributed by atoms with Gasteiger partial charge in [0.1, 0.15) is 17.2 Å². The van der Waals surface area contributed by atoms with Gasteiger partial charge in [-0.3, -0.25) is 0 Å². The Bertz CT molecular complexity index is 548. The molecule has 2 rings (SSSR count). The van der Waals surface area contributed by atoms with Crippen molar-refractivity contribution in [3.63, 3.8) is 0 Å². The number of hydrogen-bond donors (Lipinski definition) is 1. The number of nitrogens with one attached hydrogen (secondary N) is 1. The normalized spacial score (nSPS) is 11.3. The Morgan fingerprint density at radius 1 is 1.39 bits per heavy atom. The van der Waals surface area contributed by atoms with Crippen LogP contribution in [-0.2, 0) is 17.9 Å². The van der Waals surface area contributed by atoms with Crippen molar-refractivity contribution >= 4 is 11.0 Å². The largest absolute Gasteiger partial charge is 0.459 e. The lowest BCUT2D eigenvalue weighted by Gasteiger charge is -2.02. The zero-order valence-corrected chi connectivity index (χ0v) is 11.0. The first-order chi connectivity index (χ1) is 8.69. The van der Waals surface area contributed by atoms with Gasteiger partial charge in [-0.1, -0.05) is 13.0 Å². The summed E-state index contributed by atoms with van der Waals surface area (Å²) in [6, 6.07) is 3.21. The molecular formula is C14H18FNO2. The molecule has 1 N–H and O–H groups in total. The minimum Gasteiger partial charge on any atom is -0.459 e. The molecule has 3 nitrogen and oxygen atoms in total. The predicted molar refractivity (Wildman–Crippen MR) is 69.0 cm³/mol. The molecule has 0 radical (unpaired) electrons. The van der Waals surface area contributed by atoms with Crippen molar-refractivity contribution < 1.29 is 13.5 Å². The summed E-state index contributed by atoms with van der Waals surface area (Å²) in [5, 5.41) is 3.74. The van der Waals surface area contributed by atoms with E-state index >= 15 is 0 Å². The van der Waals surface area contributed by atoms with Crippen LogP contribution in [-0.4, -0.2) is 13.7 Å². The van der Waals surface area contributed by atoms with Gasteiger partial charge in [0.25, 0.3) is 0 Å². The third-order valence-corrected chi connectivity index (χ3v) is 2.99. The van der Waals surface area contributed by atoms with Crippen LogP contribution in [0.15, 0.2) is 16.5 Å². The summed E-state index contributed by atoms with van der Waals surface area (Å²) in [6.07, 6.45) is 0. The maximum atomic E-state index is 13.9. The van der Waals surface area contributed by atoms with Gasteiger partial charge >= 0.3 is 0 Å². The van der Waals surface area contributed by atoms with Gasteiger partial charge in [-0.2, -0.15) is 0 Å². The fourth-order valence-electron chi connectivity index (χ4n) is 2.08. The van der Waals surface area contributed by atoms with Crippen LogP contribution in [0.25, 0.3) is 11.0 Å². The van der Waals surface area contributed by atoms with E-state index in [1.165, 1.54) is 6.07 Å². The van der Waals surface area contributed by atoms with Crippen LogP contribution in [0, 0.1) is 12.7 Å². The van der Waals surface area contributed by atoms with E-state index in [1.54, 1.807) is 13.2 Å². The highest BCUT2D eigenvalue weighted by atomic mass is 19.1. The Hall–Kier alpha value is -1.39. The Kier molecular flexibility index (Phi) is 3.99. The standard InChI is InChI=1S/C14H18FNO2/c1-4-16-7-12-10(8-17-3)13-11(15)6-5-9(2)14(13)18-12/h5-6,16H,4,7-8H2,1-3H3. The molecule has 98 valence electrons. The molecule has 0 spiro atoms. The predicted octanol–water partition coefficient (Wildman–Crippen LogP) is 3.14. The first-order valence-corrected chi connectivity index (χ1v) is 6.08. The van der Waals surface area contributed by atoms with Gasteiger partial charge in [-0.05, 0) is 25.1 Å². The minimum absolute atomic E-state index is 0.255. The highest BCUT2D eigenvalue weighted by Crippen LogP contribution is 2.31. The lowest BCUT2D eigenvalue weighted by molar-refractivity contribution is 0.183. The van der Waals surface area contributed by atoms with Crippen LogP contribution in [0.1, 0.15) is 23.8 Å². The first kappa shape index (κ1) is 13.1. The van der Waals surface area contributed by atoms with Gasteiger partial charge < -0.3 is 14.5 Å². The molecule has 0 fully saturated rings. The fourth-order valence-corrected chi connectivity index (χ4v) is 2.08. The summed E-state index contributed by atoms with van der Waals surface area (Å²) in [7, 11) is 1.60. The summed E-state index contributed by atoms with van der Waals surface area (Å²) in [5.74, 6) is 0.496. The topological polar surface area (TPSA) is 34.4 Å². The molecule has 1 heterocycles. The van der Waals surface area contributed by atoms with Crippen molar-refractivity contribution in [3.8, 4) is 0 Å². The second kappa shape index (κ2) is 5.50. The van der Waals surface area contributed by atoms with E-state index < -0.39 is 0 Å². The Balaban J connectivity index is 2.59. The molecule has 0 saturated heterocycles. The van der Waals surface area contributed by atoms with Crippen LogP contribution in [0.4, 0.5) is 4.39 Å². The van der Waals surface area contributed by atoms with Gasteiger partial charge in [0, 0.05) is 12.7 Å². The third-order valence-electron chi connectivity index (χ3n) is 2.99. The maximum absolute atomic E-state index is 13.9. The van der Waals surface area contributed by atoms with Crippen LogP contribution in [0.2, 0.25) is 0 Å². The summed E-state index contributed by atoms with van der Waals surface area (Å²) < 4.78 is 24.9. The van der Waals surface area contributed by atoms with E-state index in [-0.39, 0.29) is 5.82 Å². The maximum Gasteiger partial charge on any atom is 0.140 e. The number of halogens is 1. The number of ether oxygens (including phenoxy) is 1. The molecule has 2 aromatic rings. The third kappa shape index (κ3) is 2.26. The molecule has 0 unspecified atom stereocenters. The molecule has 0 aliphatic carbocycles. The molecule has 0 saturated carbocycles. The molecule has 0 bridgehead atoms. The number of hydrogen-bond acceptors (Lipinski definition) is 3. The number of aryl methyl sites for hydroxylation is 1. The fraction of sp³-hybridized carbons (Fsp3) is 0.429. The van der Waals surface area contributed by atoms with E-state index in [2.05, 4.69) is 5.32 Å². The molecule has 4 heteroatoms. The zero-order chi connectivity index (χ0) is 13.1. The Labute approximate surface area is 106 Å². The summed E-state index contributed by atoms with van der Waals surface area (Å²) in [6.45, 7) is 5.71. The van der Waals surface area contributed by atoms with Crippen LogP contribution >= 0.6 is 0 Å². The molecule has 1 aromatic heterocycles. The summed E-state index contributed by atoms with van der Waals surface area (Å²) in [5.41, 5.74) is 2.36. The lowest BCUT2D eigenvalue weighted by atomic mass is 10.1. The average Bonchev–Trinajstić information content (AvgIpc) is 2.72. The number of rotatable bonds is 5. The zero-order valence-electron chi connectivity index (χ0n) is 11.0. The van der Waals surface area contributed by atoms with Crippen molar-refractivity contribution in [1.82, 2.24) is 5.32 Å². The van der Waals surface area contributed by atoms with Gasteiger partial charge in [-0.25, -0.2) is 4.39 Å². The Morgan fingerprint density at radius 3 is 2.83 bits per heavy atom. The highest BCUT2D eigenvalue weighted by Gasteiger charge is 2.18. The second-order valence-corrected chi connectivity index (χ2v) is 4.29. The van der Waals surface area contributed by atoms with Crippen molar-refractivity contribution in [2.75, 3.05) is 13.7 Å². The molecule has 0 aliphatic heterocycles. The van der Waals surface area contributed by atoms with Crippen molar-refractivity contribution in [2.45, 2.75) is 27.0 Å². The van der Waals surface area contributed by atoms with E-state index in [9.17, 15) is 4.39 Å². The quantitative estimate of drug-likeness (QED) is 0.886. The van der Waals surface area contributed by atoms with Crippen LogP contribution in [0.5, 0.6) is 0 Å². The van der Waals surface area contributed by atoms with Gasteiger partial charge in [0.05, 0.1) is 18.5 Å². The molecule has 0 atom stereocenters. The van der Waals surface area contributed by atoms with Crippen LogP contribution < -0.4 is 5.32 Å². The van der Waals surface area contributed by atoms with Gasteiger partial charge in [0.15, 0.2) is 0 Å². The molecule has 0 amide bonds. The smallest absolute Gasteiger partial charge is 0.140 e. The van der Waals surface area contributed by atoms with Crippen molar-refractivity contribution in [2.24, 2.45) is 0 Å². The van der Waals surface area contributed by atoms with Crippen molar-refractivity contribution in [3.05, 3.63) is 34.8 Å². The summed E-state index contributed by atoms with van der Waals surface area (Å²) >= 11 is 0. The molecule has 0 aliphatic rings. The van der Waals surface area contributed by atoms with Gasteiger partial charge in [-0.15, -0.1) is 0 Å². The second-order valence-electron chi connectivity index (χ2n) is 4.29. The molecule has 1 aromatic carbocycles. The molecular weight excluding hydrogens is 233 g/mol. The number of benzene rings is 1. The number of methoxy groups -OCH3 is 1. The summed E-state index contributed by atoms with van der Waals surface area (Å²) in [4.78, 5) is 0. The molecule has 18 heavy (non-hydrogen) atoms. The average molecular weight is 251 g/mol. The van der Waals surface area contributed by atoms with E-state index in [1.807, 2.05) is 13.8 Å². The van der Waals surface area contributed by atoms with E-state index in [4.69, 9.17) is 9.15 Å². The number of fused-ring (bicyclic) bond motifs is 1. The van der Waals surface area contributed by atoms with E-state index in [0.717, 1.165) is 23.4 Å². The Morgan fingerprint density at radius 2 is 2.17 bits per heavy atom. The lowest BCUT2D eigenvalue weighted by Crippen LogP contribution is -2.12. The minimum atomic E-state index is -0.255. The highest BCUT2D eigenvalue weighted by molar-refractivity contribution is 5.85. The van der Waals surface area contributed by atoms with Crippen molar-refractivity contribution in [1.29, 1.82) is 0 Å².